The van der Waals surface area contributed by atoms with E-state index in [9.17, 15) is 0 Å². The van der Waals surface area contributed by atoms with Gasteiger partial charge in [-0.25, -0.2) is 0 Å². The highest BCUT2D eigenvalue weighted by atomic mass is 79.9. The first-order valence-corrected chi connectivity index (χ1v) is 6.51. The summed E-state index contributed by atoms with van der Waals surface area (Å²) in [5, 5.41) is 9.61. The number of hydrogen-bond acceptors (Lipinski definition) is 4. The fourth-order valence-corrected chi connectivity index (χ4v) is 2.93. The summed E-state index contributed by atoms with van der Waals surface area (Å²) in [4.78, 5) is 1.25. The van der Waals surface area contributed by atoms with Gasteiger partial charge in [-0.1, -0.05) is 0 Å². The Labute approximate surface area is 107 Å². The number of nitrogens with zero attached hydrogens (tertiary/aromatic N) is 2. The molecule has 2 rings (SSSR count). The van der Waals surface area contributed by atoms with Crippen LogP contribution >= 0.6 is 27.3 Å². The smallest absolute Gasteiger partial charge is 0.148 e. The Morgan fingerprint density at radius 2 is 2.38 bits per heavy atom. The predicted molar refractivity (Wildman–Crippen MR) is 71.7 cm³/mol. The number of hydrogen-bond donors (Lipinski definition) is 2. The van der Waals surface area contributed by atoms with Crippen LogP contribution in [0.3, 0.4) is 0 Å². The van der Waals surface area contributed by atoms with Gasteiger partial charge in [-0.3, -0.25) is 4.68 Å². The number of thiophene rings is 1. The Morgan fingerprint density at radius 1 is 1.62 bits per heavy atom. The number of aryl methyl sites for hydroxylation is 2. The van der Waals surface area contributed by atoms with E-state index in [1.165, 1.54) is 4.88 Å². The Balaban J connectivity index is 2.13. The van der Waals surface area contributed by atoms with E-state index in [1.807, 2.05) is 20.0 Å². The second kappa shape index (κ2) is 4.47. The summed E-state index contributed by atoms with van der Waals surface area (Å²) in [6.07, 6.45) is 0. The number of rotatable bonds is 3. The van der Waals surface area contributed by atoms with Crippen molar-refractivity contribution >= 4 is 38.8 Å². The van der Waals surface area contributed by atoms with Gasteiger partial charge in [0.05, 0.1) is 17.9 Å². The highest BCUT2D eigenvalue weighted by molar-refractivity contribution is 9.10. The molecule has 0 aliphatic heterocycles. The maximum Gasteiger partial charge on any atom is 0.148 e. The van der Waals surface area contributed by atoms with Crippen molar-refractivity contribution in [2.45, 2.75) is 13.5 Å². The van der Waals surface area contributed by atoms with Gasteiger partial charge in [0.1, 0.15) is 5.82 Å². The quantitative estimate of drug-likeness (QED) is 0.916. The van der Waals surface area contributed by atoms with E-state index in [1.54, 1.807) is 16.0 Å². The molecule has 0 bridgehead atoms. The Morgan fingerprint density at radius 3 is 2.88 bits per heavy atom. The average molecular weight is 301 g/mol. The van der Waals surface area contributed by atoms with Gasteiger partial charge >= 0.3 is 0 Å². The van der Waals surface area contributed by atoms with E-state index in [0.29, 0.717) is 0 Å². The van der Waals surface area contributed by atoms with Crippen LogP contribution in [0.1, 0.15) is 10.6 Å². The van der Waals surface area contributed by atoms with Crippen LogP contribution in [0.15, 0.2) is 15.9 Å². The zero-order chi connectivity index (χ0) is 11.7. The van der Waals surface area contributed by atoms with Crippen LogP contribution in [0, 0.1) is 6.92 Å². The number of nitrogens with one attached hydrogen (secondary N) is 1. The highest BCUT2D eigenvalue weighted by Crippen LogP contribution is 2.26. The fraction of sp³-hybridized carbons (Fsp3) is 0.300. The van der Waals surface area contributed by atoms with Crippen LogP contribution in [0.5, 0.6) is 0 Å². The second-order valence-corrected chi connectivity index (χ2v) is 5.37. The monoisotopic (exact) mass is 300 g/mol. The molecule has 2 aromatic rings. The first kappa shape index (κ1) is 11.5. The molecule has 16 heavy (non-hydrogen) atoms. The first-order valence-electron chi connectivity index (χ1n) is 4.84. The molecule has 0 amide bonds. The Hall–Kier alpha value is -1.01. The summed E-state index contributed by atoms with van der Waals surface area (Å²) < 4.78 is 2.90. The third-order valence-electron chi connectivity index (χ3n) is 2.38. The molecule has 0 aromatic carbocycles. The minimum absolute atomic E-state index is 0.718. The third kappa shape index (κ3) is 2.08. The first-order chi connectivity index (χ1) is 7.59. The lowest BCUT2D eigenvalue weighted by molar-refractivity contribution is 0.758. The summed E-state index contributed by atoms with van der Waals surface area (Å²) in [7, 11) is 1.88. The standard InChI is InChI=1S/C10H13BrN4S/c1-6-9(12)10(15(2)14-6)13-5-8-7(11)3-4-16-8/h3-4,13H,5,12H2,1-2H3. The topological polar surface area (TPSA) is 55.9 Å². The molecule has 0 spiro atoms. The molecule has 0 atom stereocenters. The molecule has 0 aliphatic carbocycles. The molecular formula is C10H13BrN4S. The molecule has 6 heteroatoms. The van der Waals surface area contributed by atoms with Gasteiger partial charge in [0.15, 0.2) is 0 Å². The van der Waals surface area contributed by atoms with Crippen LogP contribution in [0.2, 0.25) is 0 Å². The summed E-state index contributed by atoms with van der Waals surface area (Å²) in [5.41, 5.74) is 7.50. The van der Waals surface area contributed by atoms with Crippen molar-refractivity contribution in [1.29, 1.82) is 0 Å². The maximum absolute atomic E-state index is 5.93. The molecule has 3 N–H and O–H groups in total. The lowest BCUT2D eigenvalue weighted by atomic mass is 10.4. The summed E-state index contributed by atoms with van der Waals surface area (Å²) in [6.45, 7) is 2.66. The number of nitrogens with two attached hydrogens (primary N) is 1. The van der Waals surface area contributed by atoms with Gasteiger partial charge in [-0.15, -0.1) is 11.3 Å². The zero-order valence-electron chi connectivity index (χ0n) is 9.12. The van der Waals surface area contributed by atoms with Crippen LogP contribution < -0.4 is 11.1 Å². The third-order valence-corrected chi connectivity index (χ3v) is 4.30. The molecule has 4 nitrogen and oxygen atoms in total. The van der Waals surface area contributed by atoms with Crippen LogP contribution in [-0.2, 0) is 13.6 Å². The van der Waals surface area contributed by atoms with Crippen molar-refractivity contribution in [2.75, 3.05) is 11.1 Å². The van der Waals surface area contributed by atoms with Crippen molar-refractivity contribution in [3.05, 3.63) is 26.5 Å². The van der Waals surface area contributed by atoms with E-state index in [-0.39, 0.29) is 0 Å². The maximum atomic E-state index is 5.93. The van der Waals surface area contributed by atoms with Crippen LogP contribution in [0.4, 0.5) is 11.5 Å². The molecule has 0 saturated carbocycles. The van der Waals surface area contributed by atoms with E-state index in [4.69, 9.17) is 5.73 Å². The van der Waals surface area contributed by atoms with E-state index in [0.717, 1.165) is 28.2 Å². The van der Waals surface area contributed by atoms with Crippen LogP contribution in [0.25, 0.3) is 0 Å². The van der Waals surface area contributed by atoms with Crippen LogP contribution in [-0.4, -0.2) is 9.78 Å². The normalized spacial score (nSPS) is 10.7. The molecule has 0 aliphatic rings. The van der Waals surface area contributed by atoms with Gasteiger partial charge in [-0.05, 0) is 34.3 Å². The summed E-state index contributed by atoms with van der Waals surface area (Å²) >= 11 is 5.21. The van der Waals surface area contributed by atoms with Gasteiger partial charge in [0.2, 0.25) is 0 Å². The van der Waals surface area contributed by atoms with Crippen molar-refractivity contribution in [3.63, 3.8) is 0 Å². The van der Waals surface area contributed by atoms with Gasteiger partial charge < -0.3 is 11.1 Å². The molecule has 0 fully saturated rings. The largest absolute Gasteiger partial charge is 0.394 e. The second-order valence-electron chi connectivity index (χ2n) is 3.52. The molecule has 0 radical (unpaired) electrons. The van der Waals surface area contributed by atoms with Crippen molar-refractivity contribution in [3.8, 4) is 0 Å². The van der Waals surface area contributed by atoms with E-state index in [2.05, 4.69) is 31.7 Å². The van der Waals surface area contributed by atoms with Gasteiger partial charge in [-0.2, -0.15) is 5.10 Å². The fourth-order valence-electron chi connectivity index (χ4n) is 1.50. The predicted octanol–water partition coefficient (Wildman–Crippen LogP) is 2.75. The van der Waals surface area contributed by atoms with Crippen molar-refractivity contribution < 1.29 is 0 Å². The van der Waals surface area contributed by atoms with E-state index >= 15 is 0 Å². The number of anilines is 2. The summed E-state index contributed by atoms with van der Waals surface area (Å²) in [6, 6.07) is 2.04. The molecule has 2 heterocycles. The average Bonchev–Trinajstić information content (AvgIpc) is 2.72. The lowest BCUT2D eigenvalue weighted by Crippen LogP contribution is -2.05. The van der Waals surface area contributed by atoms with Crippen molar-refractivity contribution in [1.82, 2.24) is 9.78 Å². The molecule has 0 unspecified atom stereocenters. The minimum atomic E-state index is 0.718. The molecule has 2 aromatic heterocycles. The Kier molecular flexibility index (Phi) is 3.20. The van der Waals surface area contributed by atoms with Crippen molar-refractivity contribution in [2.24, 2.45) is 7.05 Å². The minimum Gasteiger partial charge on any atom is -0.394 e. The SMILES string of the molecule is Cc1nn(C)c(NCc2sccc2Br)c1N. The highest BCUT2D eigenvalue weighted by Gasteiger charge is 2.10. The zero-order valence-corrected chi connectivity index (χ0v) is 11.5. The van der Waals surface area contributed by atoms with Gasteiger partial charge in [0.25, 0.3) is 0 Å². The lowest BCUT2D eigenvalue weighted by Gasteiger charge is -2.06. The number of nitrogen functional groups attached to an aromatic ring is 1. The molecule has 0 saturated heterocycles. The van der Waals surface area contributed by atoms with E-state index < -0.39 is 0 Å². The summed E-state index contributed by atoms with van der Waals surface area (Å²) in [5.74, 6) is 0.873. The molecule has 86 valence electrons. The molecular weight excluding hydrogens is 288 g/mol. The van der Waals surface area contributed by atoms with Gasteiger partial charge in [0, 0.05) is 16.4 Å². The number of aromatic nitrogens is 2. The Bertz CT molecular complexity index is 503. The number of halogens is 1.